The molecule has 2 rings (SSSR count). The van der Waals surface area contributed by atoms with Crippen LogP contribution in [0, 0.1) is 0 Å². The van der Waals surface area contributed by atoms with Crippen molar-refractivity contribution in [3.63, 3.8) is 0 Å². The molecule has 0 heterocycles. The number of hydrogen-bond acceptors (Lipinski definition) is 3. The van der Waals surface area contributed by atoms with Gasteiger partial charge in [0.1, 0.15) is 0 Å². The molecule has 138 valence electrons. The normalized spacial score (nSPS) is 11.7. The predicted molar refractivity (Wildman–Crippen MR) is 77.4 cm³/mol. The van der Waals surface area contributed by atoms with Crippen molar-refractivity contribution in [1.29, 1.82) is 0 Å². The van der Waals surface area contributed by atoms with Crippen LogP contribution in [-0.4, -0.2) is 5.21 Å². The van der Waals surface area contributed by atoms with Gasteiger partial charge >= 0.3 is 12.4 Å². The van der Waals surface area contributed by atoms with Gasteiger partial charge in [0.05, 0.1) is 24.3 Å². The summed E-state index contributed by atoms with van der Waals surface area (Å²) < 4.78 is 79.7. The number of alkyl halides is 6. The van der Waals surface area contributed by atoms with Crippen LogP contribution in [-0.2, 0) is 30.3 Å². The Labute approximate surface area is 139 Å². The molecule has 3 nitrogen and oxygen atoms in total. The van der Waals surface area contributed by atoms with Crippen LogP contribution < -0.4 is 5.90 Å². The van der Waals surface area contributed by atoms with Crippen LogP contribution in [0.25, 0.3) is 0 Å². The first kappa shape index (κ1) is 20.9. The number of benzene rings is 2. The molecular weight excluding hydrogens is 352 g/mol. The van der Waals surface area contributed by atoms with Gasteiger partial charge in [-0.25, -0.2) is 5.90 Å². The van der Waals surface area contributed by atoms with E-state index in [1.165, 1.54) is 24.3 Å². The minimum atomic E-state index is -4.39. The maximum atomic E-state index is 12.4. The van der Waals surface area contributed by atoms with E-state index in [0.717, 1.165) is 24.3 Å². The molecule has 0 radical (unpaired) electrons. The molecule has 2 aromatic rings. The molecule has 0 aliphatic heterocycles. The van der Waals surface area contributed by atoms with Crippen LogP contribution in [0.2, 0.25) is 0 Å². The van der Waals surface area contributed by atoms with Gasteiger partial charge in [0, 0.05) is 0 Å². The van der Waals surface area contributed by atoms with Crippen molar-refractivity contribution >= 4 is 0 Å². The quantitative estimate of drug-likeness (QED) is 0.604. The second kappa shape index (κ2) is 8.84. The molecular formula is C16H15F6NO2. The molecule has 0 unspecified atom stereocenters. The van der Waals surface area contributed by atoms with E-state index in [-0.39, 0.29) is 13.2 Å². The van der Waals surface area contributed by atoms with Crippen molar-refractivity contribution in [3.05, 3.63) is 70.8 Å². The highest BCUT2D eigenvalue weighted by molar-refractivity contribution is 5.25. The number of hydrogen-bond donors (Lipinski definition) is 2. The highest BCUT2D eigenvalue weighted by Gasteiger charge is 2.30. The second-order valence-corrected chi connectivity index (χ2v) is 4.88. The van der Waals surface area contributed by atoms with Gasteiger partial charge in [-0.1, -0.05) is 24.3 Å². The van der Waals surface area contributed by atoms with E-state index in [4.69, 9.17) is 9.94 Å². The van der Waals surface area contributed by atoms with E-state index in [9.17, 15) is 26.3 Å². The van der Waals surface area contributed by atoms with Gasteiger partial charge < -0.3 is 9.94 Å². The third-order valence-corrected chi connectivity index (χ3v) is 3.10. The van der Waals surface area contributed by atoms with Crippen molar-refractivity contribution in [3.8, 4) is 0 Å². The Hall–Kier alpha value is -2.10. The van der Waals surface area contributed by atoms with Gasteiger partial charge in [-0.2, -0.15) is 26.3 Å². The van der Waals surface area contributed by atoms with Crippen molar-refractivity contribution in [2.45, 2.75) is 25.6 Å². The predicted octanol–water partition coefficient (Wildman–Crippen LogP) is 4.78. The second-order valence-electron chi connectivity index (χ2n) is 4.88. The molecule has 0 spiro atoms. The summed E-state index contributed by atoms with van der Waals surface area (Å²) in [5.41, 5.74) is -0.400. The van der Waals surface area contributed by atoms with Gasteiger partial charge in [-0.3, -0.25) is 0 Å². The molecule has 0 bridgehead atoms. The third-order valence-electron chi connectivity index (χ3n) is 3.10. The average molecular weight is 367 g/mol. The fourth-order valence-electron chi connectivity index (χ4n) is 1.87. The van der Waals surface area contributed by atoms with Crippen LogP contribution >= 0.6 is 0 Å². The van der Waals surface area contributed by atoms with Gasteiger partial charge in [-0.15, -0.1) is 0 Å². The van der Waals surface area contributed by atoms with Gasteiger partial charge in [0.2, 0.25) is 0 Å². The lowest BCUT2D eigenvalue weighted by Crippen LogP contribution is -2.05. The minimum Gasteiger partial charge on any atom is -0.372 e. The Morgan fingerprint density at radius 3 is 1.16 bits per heavy atom. The maximum absolute atomic E-state index is 12.4. The number of halogens is 6. The zero-order valence-corrected chi connectivity index (χ0v) is 12.7. The van der Waals surface area contributed by atoms with Crippen LogP contribution in [0.5, 0.6) is 0 Å². The monoisotopic (exact) mass is 367 g/mol. The van der Waals surface area contributed by atoms with E-state index in [1.807, 2.05) is 0 Å². The summed E-state index contributed by atoms with van der Waals surface area (Å²) in [5.74, 6) is 3.50. The van der Waals surface area contributed by atoms with E-state index in [1.54, 1.807) is 0 Å². The standard InChI is InChI=1S/C16H12F6O.H3NO/c17-15(18,19)13-5-1-11(2-6-13)9-23-10-12-3-7-14(8-4-12)16(20,21)22;1-2/h1-8H,9-10H2;2H,1H2. The van der Waals surface area contributed by atoms with Crippen molar-refractivity contribution < 1.29 is 36.3 Å². The molecule has 2 aromatic carbocycles. The summed E-state index contributed by atoms with van der Waals surface area (Å²) >= 11 is 0. The van der Waals surface area contributed by atoms with Crippen molar-refractivity contribution in [2.24, 2.45) is 5.90 Å². The maximum Gasteiger partial charge on any atom is 0.416 e. The SMILES string of the molecule is FC(F)(F)c1ccc(COCc2ccc(C(F)(F)F)cc2)cc1.NO. The molecule has 25 heavy (non-hydrogen) atoms. The molecule has 0 atom stereocenters. The Balaban J connectivity index is 0.00000151. The summed E-state index contributed by atoms with van der Waals surface area (Å²) in [5, 5.41) is 6.50. The van der Waals surface area contributed by atoms with Gasteiger partial charge in [0.15, 0.2) is 0 Å². The van der Waals surface area contributed by atoms with Crippen LogP contribution in [0.3, 0.4) is 0 Å². The first-order chi connectivity index (χ1) is 11.7. The zero-order valence-electron chi connectivity index (χ0n) is 12.7. The smallest absolute Gasteiger partial charge is 0.372 e. The molecule has 0 fully saturated rings. The lowest BCUT2D eigenvalue weighted by molar-refractivity contribution is -0.138. The van der Waals surface area contributed by atoms with E-state index >= 15 is 0 Å². The van der Waals surface area contributed by atoms with E-state index < -0.39 is 23.5 Å². The Morgan fingerprint density at radius 1 is 0.640 bits per heavy atom. The number of ether oxygens (including phenoxy) is 1. The first-order valence-corrected chi connectivity index (χ1v) is 6.82. The molecule has 9 heteroatoms. The summed E-state index contributed by atoms with van der Waals surface area (Å²) in [6, 6.07) is 9.03. The van der Waals surface area contributed by atoms with Gasteiger partial charge in [0.25, 0.3) is 0 Å². The van der Waals surface area contributed by atoms with Crippen LogP contribution in [0.15, 0.2) is 48.5 Å². The van der Waals surface area contributed by atoms with Gasteiger partial charge in [-0.05, 0) is 35.4 Å². The fraction of sp³-hybridized carbons (Fsp3) is 0.250. The molecule has 0 aliphatic rings. The topological polar surface area (TPSA) is 55.5 Å². The average Bonchev–Trinajstić information content (AvgIpc) is 2.56. The summed E-state index contributed by atoms with van der Waals surface area (Å²) in [4.78, 5) is 0. The summed E-state index contributed by atoms with van der Waals surface area (Å²) in [6.07, 6.45) is -8.78. The van der Waals surface area contributed by atoms with Crippen LogP contribution in [0.4, 0.5) is 26.3 Å². The molecule has 0 amide bonds. The van der Waals surface area contributed by atoms with Crippen molar-refractivity contribution in [1.82, 2.24) is 0 Å². The highest BCUT2D eigenvalue weighted by atomic mass is 19.4. The highest BCUT2D eigenvalue weighted by Crippen LogP contribution is 2.30. The van der Waals surface area contributed by atoms with E-state index in [2.05, 4.69) is 5.90 Å². The third kappa shape index (κ3) is 6.73. The summed E-state index contributed by atoms with van der Waals surface area (Å²) in [6.45, 7) is 0.137. The molecule has 0 aliphatic carbocycles. The lowest BCUT2D eigenvalue weighted by atomic mass is 10.1. The molecule has 0 saturated carbocycles. The first-order valence-electron chi connectivity index (χ1n) is 6.82. The fourth-order valence-corrected chi connectivity index (χ4v) is 1.87. The zero-order chi connectivity index (χ0) is 19.1. The number of nitrogens with two attached hydrogens (primary N) is 1. The molecule has 0 saturated heterocycles. The van der Waals surface area contributed by atoms with Crippen LogP contribution in [0.1, 0.15) is 22.3 Å². The van der Waals surface area contributed by atoms with Crippen molar-refractivity contribution in [2.75, 3.05) is 0 Å². The Kier molecular flexibility index (Phi) is 7.40. The van der Waals surface area contributed by atoms with E-state index in [0.29, 0.717) is 11.1 Å². The lowest BCUT2D eigenvalue weighted by Gasteiger charge is -2.09. The number of rotatable bonds is 4. The Bertz CT molecular complexity index is 578. The molecule has 3 N–H and O–H groups in total. The molecule has 0 aromatic heterocycles. The minimum absolute atomic E-state index is 0.0686. The largest absolute Gasteiger partial charge is 0.416 e. The summed E-state index contributed by atoms with van der Waals surface area (Å²) in [7, 11) is 0. The Morgan fingerprint density at radius 2 is 0.920 bits per heavy atom.